The van der Waals surface area contributed by atoms with Crippen molar-refractivity contribution in [3.05, 3.63) is 35.6 Å². The van der Waals surface area contributed by atoms with E-state index in [2.05, 4.69) is 12.6 Å². The van der Waals surface area contributed by atoms with E-state index in [4.69, 9.17) is 4.74 Å². The van der Waals surface area contributed by atoms with E-state index < -0.39 is 0 Å². The summed E-state index contributed by atoms with van der Waals surface area (Å²) < 4.78 is 18.8. The third-order valence-corrected chi connectivity index (χ3v) is 3.55. The second kappa shape index (κ2) is 4.99. The fourth-order valence-corrected chi connectivity index (χ4v) is 2.22. The Labute approximate surface area is 95.0 Å². The molecule has 0 spiro atoms. The van der Waals surface area contributed by atoms with Gasteiger partial charge in [0.1, 0.15) is 5.82 Å². The van der Waals surface area contributed by atoms with Gasteiger partial charge in [-0.2, -0.15) is 12.6 Å². The standard InChI is InChI=1S/C12H15FOS/c13-11-4-2-1-3-9(11)7-10-8-14-6-5-12(10)15/h1-4,10,12,15H,5-8H2/t10-,12-/m0/s1. The summed E-state index contributed by atoms with van der Waals surface area (Å²) in [6.45, 7) is 1.48. The van der Waals surface area contributed by atoms with Crippen molar-refractivity contribution >= 4 is 12.6 Å². The molecule has 1 aliphatic heterocycles. The highest BCUT2D eigenvalue weighted by Gasteiger charge is 2.23. The first kappa shape index (κ1) is 11.0. The molecule has 1 nitrogen and oxygen atoms in total. The smallest absolute Gasteiger partial charge is 0.126 e. The van der Waals surface area contributed by atoms with E-state index in [1.54, 1.807) is 6.07 Å². The lowest BCUT2D eigenvalue weighted by Gasteiger charge is -2.28. The van der Waals surface area contributed by atoms with Crippen LogP contribution in [-0.2, 0) is 11.2 Å². The predicted molar refractivity (Wildman–Crippen MR) is 61.8 cm³/mol. The van der Waals surface area contributed by atoms with Gasteiger partial charge in [0, 0.05) is 11.9 Å². The molecule has 1 saturated heterocycles. The molecule has 0 aromatic heterocycles. The van der Waals surface area contributed by atoms with E-state index in [1.807, 2.05) is 12.1 Å². The lowest BCUT2D eigenvalue weighted by Crippen LogP contribution is -2.30. The van der Waals surface area contributed by atoms with Crippen molar-refractivity contribution in [1.82, 2.24) is 0 Å². The zero-order valence-corrected chi connectivity index (χ0v) is 9.42. The average Bonchev–Trinajstić information content (AvgIpc) is 2.24. The van der Waals surface area contributed by atoms with E-state index in [9.17, 15) is 4.39 Å². The number of halogens is 1. The molecule has 0 radical (unpaired) electrons. The molecular weight excluding hydrogens is 211 g/mol. The molecule has 0 N–H and O–H groups in total. The SMILES string of the molecule is Fc1ccccc1C[C@H]1COCC[C@@H]1S. The van der Waals surface area contributed by atoms with Gasteiger partial charge in [0.25, 0.3) is 0 Å². The molecule has 15 heavy (non-hydrogen) atoms. The monoisotopic (exact) mass is 226 g/mol. The molecule has 2 atom stereocenters. The molecule has 3 heteroatoms. The van der Waals surface area contributed by atoms with Gasteiger partial charge >= 0.3 is 0 Å². The van der Waals surface area contributed by atoms with Crippen LogP contribution in [0.4, 0.5) is 4.39 Å². The largest absolute Gasteiger partial charge is 0.381 e. The minimum atomic E-state index is -0.122. The number of benzene rings is 1. The summed E-state index contributed by atoms with van der Waals surface area (Å²) in [4.78, 5) is 0. The minimum absolute atomic E-state index is 0.122. The Morgan fingerprint density at radius 1 is 1.40 bits per heavy atom. The van der Waals surface area contributed by atoms with Crippen LogP contribution in [0.1, 0.15) is 12.0 Å². The molecular formula is C12H15FOS. The van der Waals surface area contributed by atoms with Gasteiger partial charge < -0.3 is 4.74 Å². The normalized spacial score (nSPS) is 26.5. The van der Waals surface area contributed by atoms with Gasteiger partial charge in [-0.1, -0.05) is 18.2 Å². The van der Waals surface area contributed by atoms with Crippen LogP contribution in [0.15, 0.2) is 24.3 Å². The third kappa shape index (κ3) is 2.73. The van der Waals surface area contributed by atoms with Gasteiger partial charge in [0.2, 0.25) is 0 Å². The Kier molecular flexibility index (Phi) is 3.65. The zero-order valence-electron chi connectivity index (χ0n) is 8.53. The maximum absolute atomic E-state index is 13.4. The Bertz CT molecular complexity index is 329. The number of hydrogen-bond acceptors (Lipinski definition) is 2. The number of thiol groups is 1. The Morgan fingerprint density at radius 2 is 2.20 bits per heavy atom. The zero-order chi connectivity index (χ0) is 10.7. The summed E-state index contributed by atoms with van der Waals surface area (Å²) in [5.74, 6) is 0.211. The van der Waals surface area contributed by atoms with Gasteiger partial charge in [0.15, 0.2) is 0 Å². The summed E-state index contributed by atoms with van der Waals surface area (Å²) in [6, 6.07) is 6.93. The van der Waals surface area contributed by atoms with Gasteiger partial charge in [0.05, 0.1) is 6.61 Å². The lowest BCUT2D eigenvalue weighted by molar-refractivity contribution is 0.0594. The molecule has 0 aliphatic carbocycles. The van der Waals surface area contributed by atoms with E-state index in [0.29, 0.717) is 17.8 Å². The van der Waals surface area contributed by atoms with Crippen molar-refractivity contribution < 1.29 is 9.13 Å². The first-order chi connectivity index (χ1) is 7.27. The quantitative estimate of drug-likeness (QED) is 0.763. The summed E-state index contributed by atoms with van der Waals surface area (Å²) in [5.41, 5.74) is 0.770. The highest BCUT2D eigenvalue weighted by Crippen LogP contribution is 2.24. The minimum Gasteiger partial charge on any atom is -0.381 e. The molecule has 1 heterocycles. The van der Waals surface area contributed by atoms with Crippen LogP contribution in [0.3, 0.4) is 0 Å². The van der Waals surface area contributed by atoms with Crippen LogP contribution < -0.4 is 0 Å². The number of ether oxygens (including phenoxy) is 1. The molecule has 82 valence electrons. The first-order valence-electron chi connectivity index (χ1n) is 5.26. The second-order valence-corrected chi connectivity index (χ2v) is 4.65. The molecule has 2 rings (SSSR count). The highest BCUT2D eigenvalue weighted by atomic mass is 32.1. The predicted octanol–water partition coefficient (Wildman–Crippen LogP) is 2.70. The molecule has 0 amide bonds. The van der Waals surface area contributed by atoms with E-state index in [-0.39, 0.29) is 5.82 Å². The summed E-state index contributed by atoms with van der Waals surface area (Å²) in [6.07, 6.45) is 1.68. The van der Waals surface area contributed by atoms with Crippen LogP contribution in [0.2, 0.25) is 0 Å². The summed E-state index contributed by atoms with van der Waals surface area (Å²) in [5, 5.41) is 0.332. The van der Waals surface area contributed by atoms with Crippen LogP contribution in [0, 0.1) is 11.7 Å². The molecule has 1 aromatic carbocycles. The lowest BCUT2D eigenvalue weighted by atomic mass is 9.93. The van der Waals surface area contributed by atoms with Crippen molar-refractivity contribution in [2.75, 3.05) is 13.2 Å². The van der Waals surface area contributed by atoms with Crippen molar-refractivity contribution in [1.29, 1.82) is 0 Å². The number of hydrogen-bond donors (Lipinski definition) is 1. The first-order valence-corrected chi connectivity index (χ1v) is 5.78. The van der Waals surface area contributed by atoms with Crippen LogP contribution in [0.25, 0.3) is 0 Å². The van der Waals surface area contributed by atoms with Gasteiger partial charge in [-0.05, 0) is 30.4 Å². The molecule has 0 bridgehead atoms. The van der Waals surface area contributed by atoms with Gasteiger partial charge in [-0.3, -0.25) is 0 Å². The summed E-state index contributed by atoms with van der Waals surface area (Å²) in [7, 11) is 0. The molecule has 1 aromatic rings. The van der Waals surface area contributed by atoms with E-state index in [0.717, 1.165) is 25.0 Å². The maximum atomic E-state index is 13.4. The molecule has 0 unspecified atom stereocenters. The second-order valence-electron chi connectivity index (χ2n) is 3.99. The molecule has 1 fully saturated rings. The van der Waals surface area contributed by atoms with Crippen molar-refractivity contribution in [3.8, 4) is 0 Å². The highest BCUT2D eigenvalue weighted by molar-refractivity contribution is 7.81. The molecule has 0 saturated carbocycles. The Balaban J connectivity index is 2.04. The molecule has 1 aliphatic rings. The summed E-state index contributed by atoms with van der Waals surface area (Å²) >= 11 is 4.52. The van der Waals surface area contributed by atoms with Gasteiger partial charge in [-0.25, -0.2) is 4.39 Å². The van der Waals surface area contributed by atoms with E-state index >= 15 is 0 Å². The Morgan fingerprint density at radius 3 is 2.93 bits per heavy atom. The van der Waals surface area contributed by atoms with Gasteiger partial charge in [-0.15, -0.1) is 0 Å². The number of rotatable bonds is 2. The maximum Gasteiger partial charge on any atom is 0.126 e. The van der Waals surface area contributed by atoms with Crippen LogP contribution in [0.5, 0.6) is 0 Å². The van der Waals surface area contributed by atoms with Crippen LogP contribution in [-0.4, -0.2) is 18.5 Å². The van der Waals surface area contributed by atoms with Crippen molar-refractivity contribution in [2.45, 2.75) is 18.1 Å². The Hall–Kier alpha value is -0.540. The fraction of sp³-hybridized carbons (Fsp3) is 0.500. The fourth-order valence-electron chi connectivity index (χ4n) is 1.93. The van der Waals surface area contributed by atoms with Crippen molar-refractivity contribution in [2.24, 2.45) is 5.92 Å². The topological polar surface area (TPSA) is 9.23 Å². The van der Waals surface area contributed by atoms with Crippen LogP contribution >= 0.6 is 12.6 Å². The third-order valence-electron chi connectivity index (χ3n) is 2.87. The van der Waals surface area contributed by atoms with Crippen molar-refractivity contribution in [3.63, 3.8) is 0 Å². The van der Waals surface area contributed by atoms with E-state index in [1.165, 1.54) is 6.07 Å². The average molecular weight is 226 g/mol.